The maximum Gasteiger partial charge on any atom is 0.223 e. The van der Waals surface area contributed by atoms with E-state index in [2.05, 4.69) is 79.1 Å². The SMILES string of the molecule is C=CCOc1ccc(CN2CCN(C(=O)CCC(=O)NC3CCC(Cc4cccc(C)c4)(N(C)C)CC3)CC2)cc1. The standard InChI is InChI=1S/C34H48N4O3/c1-5-23-41-31-11-9-28(10-12-31)26-37-19-21-38(22-20-37)33(40)14-13-32(39)35-30-15-17-34(18-16-30,36(3)4)25-29-8-6-7-27(2)24-29/h5-12,24,30H,1,13-23,25-26H2,2-4H3,(H,35,39). The molecule has 0 unspecified atom stereocenters. The number of likely N-dealkylation sites (N-methyl/N-ethyl adjacent to an activating group) is 1. The molecule has 41 heavy (non-hydrogen) atoms. The molecule has 1 saturated carbocycles. The van der Waals surface area contributed by atoms with Crippen molar-refractivity contribution in [1.29, 1.82) is 0 Å². The minimum Gasteiger partial charge on any atom is -0.490 e. The number of amides is 2. The van der Waals surface area contributed by atoms with Crippen LogP contribution < -0.4 is 10.1 Å². The summed E-state index contributed by atoms with van der Waals surface area (Å²) in [6, 6.07) is 17.1. The molecular weight excluding hydrogens is 512 g/mol. The van der Waals surface area contributed by atoms with Crippen molar-refractivity contribution in [1.82, 2.24) is 20.0 Å². The van der Waals surface area contributed by atoms with Crippen molar-refractivity contribution >= 4 is 11.8 Å². The average Bonchev–Trinajstić information content (AvgIpc) is 2.97. The van der Waals surface area contributed by atoms with Crippen molar-refractivity contribution in [3.8, 4) is 5.75 Å². The summed E-state index contributed by atoms with van der Waals surface area (Å²) in [6.07, 6.45) is 7.34. The largest absolute Gasteiger partial charge is 0.490 e. The Morgan fingerprint density at radius 3 is 2.37 bits per heavy atom. The van der Waals surface area contributed by atoms with Crippen LogP contribution in [0.1, 0.15) is 55.2 Å². The Kier molecular flexibility index (Phi) is 11.0. The van der Waals surface area contributed by atoms with Gasteiger partial charge >= 0.3 is 0 Å². The molecule has 2 aromatic carbocycles. The molecule has 7 nitrogen and oxygen atoms in total. The summed E-state index contributed by atoms with van der Waals surface area (Å²) in [5.74, 6) is 0.923. The Hall–Kier alpha value is -3.16. The molecular formula is C34H48N4O3. The molecule has 222 valence electrons. The molecule has 1 aliphatic heterocycles. The Bertz CT molecular complexity index is 1150. The van der Waals surface area contributed by atoms with Gasteiger partial charge in [-0.2, -0.15) is 0 Å². The summed E-state index contributed by atoms with van der Waals surface area (Å²) in [7, 11) is 4.36. The Morgan fingerprint density at radius 2 is 1.73 bits per heavy atom. The lowest BCUT2D eigenvalue weighted by Crippen LogP contribution is -2.52. The maximum absolute atomic E-state index is 12.8. The fourth-order valence-electron chi connectivity index (χ4n) is 6.22. The van der Waals surface area contributed by atoms with Gasteiger partial charge in [0.25, 0.3) is 0 Å². The molecule has 7 heteroatoms. The van der Waals surface area contributed by atoms with E-state index in [1.54, 1.807) is 6.08 Å². The summed E-state index contributed by atoms with van der Waals surface area (Å²) in [4.78, 5) is 32.2. The van der Waals surface area contributed by atoms with Gasteiger partial charge in [0.2, 0.25) is 11.8 Å². The molecule has 2 aliphatic rings. The molecule has 2 fully saturated rings. The molecule has 1 heterocycles. The third-order valence-corrected chi connectivity index (χ3v) is 8.83. The van der Waals surface area contributed by atoms with Crippen LogP contribution in [0.15, 0.2) is 61.2 Å². The molecule has 0 radical (unpaired) electrons. The molecule has 1 N–H and O–H groups in total. The number of nitrogens with zero attached hydrogens (tertiary/aromatic N) is 3. The molecule has 0 atom stereocenters. The van der Waals surface area contributed by atoms with Gasteiger partial charge in [0, 0.05) is 57.1 Å². The number of hydrogen-bond acceptors (Lipinski definition) is 5. The first-order valence-corrected chi connectivity index (χ1v) is 15.1. The Morgan fingerprint density at radius 1 is 1.02 bits per heavy atom. The van der Waals surface area contributed by atoms with Gasteiger partial charge in [-0.05, 0) is 76.4 Å². The highest BCUT2D eigenvalue weighted by molar-refractivity contribution is 5.84. The van der Waals surface area contributed by atoms with E-state index < -0.39 is 0 Å². The van der Waals surface area contributed by atoms with Gasteiger partial charge in [-0.3, -0.25) is 14.5 Å². The third-order valence-electron chi connectivity index (χ3n) is 8.83. The van der Waals surface area contributed by atoms with Gasteiger partial charge in [-0.1, -0.05) is 54.6 Å². The highest BCUT2D eigenvalue weighted by Crippen LogP contribution is 2.35. The van der Waals surface area contributed by atoms with Crippen molar-refractivity contribution in [2.45, 2.75) is 70.0 Å². The summed E-state index contributed by atoms with van der Waals surface area (Å²) in [5.41, 5.74) is 4.03. The van der Waals surface area contributed by atoms with Crippen LogP contribution in [0.5, 0.6) is 5.75 Å². The number of piperazine rings is 1. The first-order chi connectivity index (χ1) is 19.8. The molecule has 1 saturated heterocycles. The van der Waals surface area contributed by atoms with Gasteiger partial charge in [-0.25, -0.2) is 0 Å². The summed E-state index contributed by atoms with van der Waals surface area (Å²) < 4.78 is 5.56. The fourth-order valence-corrected chi connectivity index (χ4v) is 6.22. The predicted molar refractivity (Wildman–Crippen MR) is 165 cm³/mol. The first-order valence-electron chi connectivity index (χ1n) is 15.1. The molecule has 0 aromatic heterocycles. The molecule has 2 aromatic rings. The van der Waals surface area contributed by atoms with Crippen LogP contribution in [-0.4, -0.2) is 85.0 Å². The lowest BCUT2D eigenvalue weighted by atomic mass is 9.74. The Balaban J connectivity index is 1.15. The minimum absolute atomic E-state index is 0.00135. The second-order valence-corrected chi connectivity index (χ2v) is 12.0. The van der Waals surface area contributed by atoms with Gasteiger partial charge in [0.05, 0.1) is 0 Å². The molecule has 0 spiro atoms. The monoisotopic (exact) mass is 560 g/mol. The summed E-state index contributed by atoms with van der Waals surface area (Å²) in [5, 5.41) is 3.23. The second-order valence-electron chi connectivity index (χ2n) is 12.0. The van der Waals surface area contributed by atoms with Crippen molar-refractivity contribution in [2.75, 3.05) is 46.9 Å². The van der Waals surface area contributed by atoms with Crippen molar-refractivity contribution in [3.63, 3.8) is 0 Å². The first kappa shape index (κ1) is 30.8. The van der Waals surface area contributed by atoms with Crippen LogP contribution in [0, 0.1) is 6.92 Å². The number of hydrogen-bond donors (Lipinski definition) is 1. The van der Waals surface area contributed by atoms with Gasteiger partial charge in [0.15, 0.2) is 0 Å². The highest BCUT2D eigenvalue weighted by Gasteiger charge is 2.37. The van der Waals surface area contributed by atoms with E-state index in [0.717, 1.165) is 57.5 Å². The highest BCUT2D eigenvalue weighted by atomic mass is 16.5. The van der Waals surface area contributed by atoms with E-state index in [-0.39, 0.29) is 36.2 Å². The fraction of sp³-hybridized carbons (Fsp3) is 0.529. The average molecular weight is 561 g/mol. The normalized spacial score (nSPS) is 21.5. The van der Waals surface area contributed by atoms with E-state index in [9.17, 15) is 9.59 Å². The van der Waals surface area contributed by atoms with Gasteiger partial charge < -0.3 is 19.9 Å². The van der Waals surface area contributed by atoms with E-state index in [0.29, 0.717) is 19.7 Å². The van der Waals surface area contributed by atoms with Crippen LogP contribution in [-0.2, 0) is 22.6 Å². The van der Waals surface area contributed by atoms with Crippen LogP contribution in [0.3, 0.4) is 0 Å². The lowest BCUT2D eigenvalue weighted by molar-refractivity contribution is -0.135. The second kappa shape index (κ2) is 14.6. The quantitative estimate of drug-likeness (QED) is 0.385. The molecule has 0 bridgehead atoms. The zero-order chi connectivity index (χ0) is 29.2. The van der Waals surface area contributed by atoms with E-state index in [4.69, 9.17) is 4.74 Å². The third kappa shape index (κ3) is 8.91. The number of carbonyl (C=O) groups excluding carboxylic acids is 2. The van der Waals surface area contributed by atoms with Gasteiger partial charge in [0.1, 0.15) is 12.4 Å². The zero-order valence-electron chi connectivity index (χ0n) is 25.2. The van der Waals surface area contributed by atoms with Crippen molar-refractivity contribution in [2.24, 2.45) is 0 Å². The molecule has 4 rings (SSSR count). The topological polar surface area (TPSA) is 65.1 Å². The zero-order valence-corrected chi connectivity index (χ0v) is 25.2. The number of rotatable bonds is 12. The van der Waals surface area contributed by atoms with Gasteiger partial charge in [-0.15, -0.1) is 0 Å². The Labute approximate surface area is 246 Å². The lowest BCUT2D eigenvalue weighted by Gasteiger charge is -2.45. The van der Waals surface area contributed by atoms with Crippen LogP contribution in [0.4, 0.5) is 0 Å². The van der Waals surface area contributed by atoms with Crippen molar-refractivity contribution < 1.29 is 14.3 Å². The van der Waals surface area contributed by atoms with E-state index in [1.165, 1.54) is 16.7 Å². The molecule has 1 aliphatic carbocycles. The number of nitrogens with one attached hydrogen (secondary N) is 1. The predicted octanol–water partition coefficient (Wildman–Crippen LogP) is 4.59. The van der Waals surface area contributed by atoms with Crippen molar-refractivity contribution in [3.05, 3.63) is 77.9 Å². The number of ether oxygens (including phenoxy) is 1. The van der Waals surface area contributed by atoms with Crippen LogP contribution in [0.2, 0.25) is 0 Å². The van der Waals surface area contributed by atoms with Crippen LogP contribution >= 0.6 is 0 Å². The summed E-state index contributed by atoms with van der Waals surface area (Å²) in [6.45, 7) is 10.3. The van der Waals surface area contributed by atoms with E-state index in [1.807, 2.05) is 17.0 Å². The van der Waals surface area contributed by atoms with E-state index >= 15 is 0 Å². The summed E-state index contributed by atoms with van der Waals surface area (Å²) >= 11 is 0. The minimum atomic E-state index is -0.00135. The number of carbonyl (C=O) groups is 2. The van der Waals surface area contributed by atoms with Crippen LogP contribution in [0.25, 0.3) is 0 Å². The number of benzene rings is 2. The maximum atomic E-state index is 12.8. The molecule has 2 amide bonds. The smallest absolute Gasteiger partial charge is 0.223 e. The number of aryl methyl sites for hydroxylation is 1.